The van der Waals surface area contributed by atoms with Gasteiger partial charge in [-0.2, -0.15) is 0 Å². The van der Waals surface area contributed by atoms with Gasteiger partial charge in [-0.15, -0.1) is 0 Å². The molecule has 0 atom stereocenters. The standard InChI is InChI=1S/C22H34N2OS/c1-6-7-8-9-11-24-20(10-12-25)23-21(16(2)3)22(24)26-19-14-17(4)13-18(5)15-19/h13-16,25H,6-12H2,1-5H3. The van der Waals surface area contributed by atoms with Gasteiger partial charge in [0.05, 0.1) is 12.3 Å². The number of unbranched alkanes of at least 4 members (excludes halogenated alkanes) is 3. The van der Waals surface area contributed by atoms with E-state index in [0.717, 1.165) is 18.1 Å². The Kier molecular flexibility index (Phi) is 8.23. The van der Waals surface area contributed by atoms with Crippen LogP contribution in [0.1, 0.15) is 75.0 Å². The van der Waals surface area contributed by atoms with E-state index in [-0.39, 0.29) is 6.61 Å². The van der Waals surface area contributed by atoms with Crippen molar-refractivity contribution < 1.29 is 5.11 Å². The van der Waals surface area contributed by atoms with Crippen LogP contribution in [0, 0.1) is 13.8 Å². The number of aromatic nitrogens is 2. The smallest absolute Gasteiger partial charge is 0.112 e. The molecule has 0 fully saturated rings. The van der Waals surface area contributed by atoms with Gasteiger partial charge in [0.2, 0.25) is 0 Å². The van der Waals surface area contributed by atoms with Crippen molar-refractivity contribution in [3.8, 4) is 0 Å². The molecular formula is C22H34N2OS. The van der Waals surface area contributed by atoms with Crippen LogP contribution in [-0.2, 0) is 13.0 Å². The predicted molar refractivity (Wildman–Crippen MR) is 111 cm³/mol. The maximum atomic E-state index is 9.49. The van der Waals surface area contributed by atoms with E-state index in [4.69, 9.17) is 4.98 Å². The first-order valence-electron chi connectivity index (χ1n) is 9.92. The number of hydrogen-bond acceptors (Lipinski definition) is 3. The summed E-state index contributed by atoms with van der Waals surface area (Å²) in [7, 11) is 0. The summed E-state index contributed by atoms with van der Waals surface area (Å²) in [6.45, 7) is 12.1. The molecule has 1 heterocycles. The van der Waals surface area contributed by atoms with Crippen molar-refractivity contribution in [3.63, 3.8) is 0 Å². The third kappa shape index (κ3) is 5.62. The quantitative estimate of drug-likeness (QED) is 0.527. The summed E-state index contributed by atoms with van der Waals surface area (Å²) in [6, 6.07) is 6.72. The van der Waals surface area contributed by atoms with Crippen molar-refractivity contribution in [2.75, 3.05) is 6.61 Å². The SMILES string of the molecule is CCCCCCn1c(CCO)nc(C(C)C)c1Sc1cc(C)cc(C)c1. The van der Waals surface area contributed by atoms with Crippen molar-refractivity contribution in [3.05, 3.63) is 40.8 Å². The van der Waals surface area contributed by atoms with Gasteiger partial charge in [-0.3, -0.25) is 0 Å². The minimum absolute atomic E-state index is 0.150. The zero-order chi connectivity index (χ0) is 19.1. The molecule has 0 bridgehead atoms. The second-order valence-electron chi connectivity index (χ2n) is 7.48. The Morgan fingerprint density at radius 2 is 1.77 bits per heavy atom. The maximum absolute atomic E-state index is 9.49. The number of benzene rings is 1. The average Bonchev–Trinajstić information content (AvgIpc) is 2.89. The van der Waals surface area contributed by atoms with Crippen molar-refractivity contribution in [1.82, 2.24) is 9.55 Å². The van der Waals surface area contributed by atoms with Crippen LogP contribution < -0.4 is 0 Å². The molecule has 144 valence electrons. The lowest BCUT2D eigenvalue weighted by atomic mass is 10.1. The minimum atomic E-state index is 0.150. The Morgan fingerprint density at radius 1 is 1.08 bits per heavy atom. The summed E-state index contributed by atoms with van der Waals surface area (Å²) in [5, 5.41) is 10.7. The molecule has 0 saturated carbocycles. The molecule has 0 aliphatic carbocycles. The van der Waals surface area contributed by atoms with E-state index in [1.807, 2.05) is 11.8 Å². The molecule has 0 unspecified atom stereocenters. The molecule has 3 nitrogen and oxygen atoms in total. The van der Waals surface area contributed by atoms with Crippen LogP contribution in [-0.4, -0.2) is 21.3 Å². The summed E-state index contributed by atoms with van der Waals surface area (Å²) >= 11 is 1.83. The van der Waals surface area contributed by atoms with Gasteiger partial charge in [0.1, 0.15) is 10.9 Å². The van der Waals surface area contributed by atoms with Crippen molar-refractivity contribution in [1.29, 1.82) is 0 Å². The molecule has 0 saturated heterocycles. The largest absolute Gasteiger partial charge is 0.396 e. The predicted octanol–water partition coefficient (Wildman–Crippen LogP) is 5.89. The molecule has 4 heteroatoms. The van der Waals surface area contributed by atoms with E-state index in [9.17, 15) is 5.11 Å². The van der Waals surface area contributed by atoms with Crippen LogP contribution in [0.4, 0.5) is 0 Å². The van der Waals surface area contributed by atoms with E-state index in [0.29, 0.717) is 12.3 Å². The Hall–Kier alpha value is -1.26. The lowest BCUT2D eigenvalue weighted by Crippen LogP contribution is -2.07. The second kappa shape index (κ2) is 10.2. The molecule has 1 aromatic carbocycles. The highest BCUT2D eigenvalue weighted by molar-refractivity contribution is 7.99. The lowest BCUT2D eigenvalue weighted by Gasteiger charge is -2.14. The third-order valence-corrected chi connectivity index (χ3v) is 5.65. The van der Waals surface area contributed by atoms with Crippen molar-refractivity contribution in [2.24, 2.45) is 0 Å². The molecule has 2 rings (SSSR count). The average molecular weight is 375 g/mol. The molecule has 0 amide bonds. The van der Waals surface area contributed by atoms with Crippen LogP contribution in [0.25, 0.3) is 0 Å². The first kappa shape index (κ1) is 21.0. The van der Waals surface area contributed by atoms with Crippen molar-refractivity contribution >= 4 is 11.8 Å². The Labute approximate surface area is 163 Å². The van der Waals surface area contributed by atoms with Gasteiger partial charge in [0.25, 0.3) is 0 Å². The Balaban J connectivity index is 2.38. The number of aliphatic hydroxyl groups excluding tert-OH is 1. The molecule has 0 aliphatic heterocycles. The van der Waals surface area contributed by atoms with E-state index < -0.39 is 0 Å². The fraction of sp³-hybridized carbons (Fsp3) is 0.591. The van der Waals surface area contributed by atoms with Crippen molar-refractivity contribution in [2.45, 2.75) is 89.1 Å². The molecule has 1 N–H and O–H groups in total. The molecule has 0 radical (unpaired) electrons. The first-order chi connectivity index (χ1) is 12.5. The molecule has 26 heavy (non-hydrogen) atoms. The highest BCUT2D eigenvalue weighted by Crippen LogP contribution is 2.36. The topological polar surface area (TPSA) is 38.0 Å². The zero-order valence-electron chi connectivity index (χ0n) is 17.0. The molecule has 2 aromatic rings. The van der Waals surface area contributed by atoms with Crippen LogP contribution in [0.15, 0.2) is 28.1 Å². The monoisotopic (exact) mass is 374 g/mol. The van der Waals surface area contributed by atoms with Gasteiger partial charge < -0.3 is 9.67 Å². The van der Waals surface area contributed by atoms with Gasteiger partial charge in [0, 0.05) is 17.9 Å². The second-order valence-corrected chi connectivity index (χ2v) is 8.55. The summed E-state index contributed by atoms with van der Waals surface area (Å²) < 4.78 is 2.36. The van der Waals surface area contributed by atoms with Crippen LogP contribution >= 0.6 is 11.8 Å². The molecule has 0 aliphatic rings. The van der Waals surface area contributed by atoms with E-state index >= 15 is 0 Å². The zero-order valence-corrected chi connectivity index (χ0v) is 17.8. The number of imidazole rings is 1. The van der Waals surface area contributed by atoms with Gasteiger partial charge in [-0.05, 0) is 49.4 Å². The molecule has 1 aromatic heterocycles. The summed E-state index contributed by atoms with van der Waals surface area (Å²) in [6.07, 6.45) is 5.56. The number of hydrogen-bond donors (Lipinski definition) is 1. The number of rotatable bonds is 10. The summed E-state index contributed by atoms with van der Waals surface area (Å²) in [5.74, 6) is 1.40. The molecular weight excluding hydrogens is 340 g/mol. The highest BCUT2D eigenvalue weighted by atomic mass is 32.2. The lowest BCUT2D eigenvalue weighted by molar-refractivity contribution is 0.293. The number of aliphatic hydroxyl groups is 1. The van der Waals surface area contributed by atoms with Gasteiger partial charge in [0.15, 0.2) is 0 Å². The van der Waals surface area contributed by atoms with E-state index in [2.05, 4.69) is 57.4 Å². The normalized spacial score (nSPS) is 11.5. The van der Waals surface area contributed by atoms with E-state index in [1.54, 1.807) is 0 Å². The fourth-order valence-corrected chi connectivity index (χ4v) is 4.71. The van der Waals surface area contributed by atoms with Gasteiger partial charge in [-0.1, -0.05) is 57.9 Å². The number of aryl methyl sites for hydroxylation is 2. The van der Waals surface area contributed by atoms with Gasteiger partial charge in [-0.25, -0.2) is 4.98 Å². The van der Waals surface area contributed by atoms with Gasteiger partial charge >= 0.3 is 0 Å². The Morgan fingerprint density at radius 3 is 2.35 bits per heavy atom. The third-order valence-electron chi connectivity index (χ3n) is 4.55. The van der Waals surface area contributed by atoms with Crippen LogP contribution in [0.3, 0.4) is 0 Å². The highest BCUT2D eigenvalue weighted by Gasteiger charge is 2.20. The summed E-state index contributed by atoms with van der Waals surface area (Å²) in [4.78, 5) is 6.19. The maximum Gasteiger partial charge on any atom is 0.112 e. The first-order valence-corrected chi connectivity index (χ1v) is 10.7. The van der Waals surface area contributed by atoms with Crippen LogP contribution in [0.5, 0.6) is 0 Å². The summed E-state index contributed by atoms with van der Waals surface area (Å²) in [5.41, 5.74) is 3.75. The Bertz CT molecular complexity index is 686. The number of nitrogens with zero attached hydrogens (tertiary/aromatic N) is 2. The fourth-order valence-electron chi connectivity index (χ4n) is 3.31. The minimum Gasteiger partial charge on any atom is -0.396 e. The molecule has 0 spiro atoms. The van der Waals surface area contributed by atoms with E-state index in [1.165, 1.54) is 46.7 Å². The van der Waals surface area contributed by atoms with Crippen LogP contribution in [0.2, 0.25) is 0 Å².